The van der Waals surface area contributed by atoms with E-state index in [0.717, 1.165) is 28.1 Å². The number of amides is 1. The quantitative estimate of drug-likeness (QED) is 0.630. The molecule has 0 aliphatic carbocycles. The number of hydrogen-bond acceptors (Lipinski definition) is 6. The summed E-state index contributed by atoms with van der Waals surface area (Å²) in [6.45, 7) is 0.319. The van der Waals surface area contributed by atoms with Crippen molar-refractivity contribution in [2.45, 2.75) is 13.0 Å². The minimum Gasteiger partial charge on any atom is -0.352 e. The molecule has 0 aliphatic heterocycles. The Morgan fingerprint density at radius 3 is 2.81 bits per heavy atom. The van der Waals surface area contributed by atoms with Crippen molar-refractivity contribution in [2.75, 3.05) is 11.0 Å². The number of hydrogen-bond donors (Lipinski definition) is 2. The number of thiophene rings is 1. The number of rotatable bonds is 7. The van der Waals surface area contributed by atoms with Crippen molar-refractivity contribution in [3.63, 3.8) is 0 Å². The van der Waals surface area contributed by atoms with E-state index in [1.807, 2.05) is 28.3 Å². The molecule has 0 saturated heterocycles. The Hall–Kier alpha value is -2.23. The molecule has 9 heteroatoms. The first-order valence-electron chi connectivity index (χ1n) is 7.69. The van der Waals surface area contributed by atoms with Gasteiger partial charge < -0.3 is 5.32 Å². The molecule has 2 heterocycles. The maximum absolute atomic E-state index is 12.1. The molecule has 136 valence electrons. The third-order valence-electron chi connectivity index (χ3n) is 3.38. The third-order valence-corrected chi connectivity index (χ3v) is 5.61. The van der Waals surface area contributed by atoms with E-state index >= 15 is 0 Å². The first kappa shape index (κ1) is 18.6. The molecule has 3 aromatic rings. The minimum atomic E-state index is -3.33. The van der Waals surface area contributed by atoms with E-state index in [2.05, 4.69) is 15.0 Å². The molecule has 0 fully saturated rings. The van der Waals surface area contributed by atoms with Crippen LogP contribution in [0.2, 0.25) is 0 Å². The summed E-state index contributed by atoms with van der Waals surface area (Å²) in [5, 5.41) is 9.66. The maximum atomic E-state index is 12.1. The average Bonchev–Trinajstić information content (AvgIpc) is 3.23. The van der Waals surface area contributed by atoms with Crippen molar-refractivity contribution in [3.05, 3.63) is 57.7 Å². The lowest BCUT2D eigenvalue weighted by molar-refractivity contribution is -0.120. The predicted molar refractivity (Wildman–Crippen MR) is 106 cm³/mol. The fraction of sp³-hybridized carbons (Fsp3) is 0.176. The van der Waals surface area contributed by atoms with Crippen LogP contribution >= 0.6 is 22.7 Å². The highest BCUT2D eigenvalue weighted by Gasteiger charge is 2.10. The Labute approximate surface area is 160 Å². The van der Waals surface area contributed by atoms with Crippen LogP contribution in [0.3, 0.4) is 0 Å². The van der Waals surface area contributed by atoms with Gasteiger partial charge in [-0.1, -0.05) is 12.1 Å². The van der Waals surface area contributed by atoms with Crippen molar-refractivity contribution >= 4 is 44.3 Å². The fourth-order valence-electron chi connectivity index (χ4n) is 2.29. The van der Waals surface area contributed by atoms with E-state index in [0.29, 0.717) is 12.2 Å². The lowest BCUT2D eigenvalue weighted by atomic mass is 10.2. The van der Waals surface area contributed by atoms with Crippen LogP contribution in [-0.2, 0) is 27.8 Å². The van der Waals surface area contributed by atoms with E-state index in [1.165, 1.54) is 11.3 Å². The third kappa shape index (κ3) is 5.38. The van der Waals surface area contributed by atoms with Crippen LogP contribution in [0, 0.1) is 0 Å². The average molecular weight is 408 g/mol. The number of carbonyl (C=O) groups is 1. The number of thiazole rings is 1. The van der Waals surface area contributed by atoms with Crippen LogP contribution in [0.1, 0.15) is 11.3 Å². The van der Waals surface area contributed by atoms with E-state index in [1.54, 1.807) is 29.5 Å². The van der Waals surface area contributed by atoms with Gasteiger partial charge in [0.2, 0.25) is 15.9 Å². The van der Waals surface area contributed by atoms with Crippen LogP contribution in [0.4, 0.5) is 5.69 Å². The van der Waals surface area contributed by atoms with Crippen molar-refractivity contribution in [2.24, 2.45) is 0 Å². The molecular weight excluding hydrogens is 390 g/mol. The fourth-order valence-corrected chi connectivity index (χ4v) is 4.38. The van der Waals surface area contributed by atoms with Crippen LogP contribution in [0.25, 0.3) is 10.6 Å². The van der Waals surface area contributed by atoms with Gasteiger partial charge in [-0.3, -0.25) is 9.52 Å². The second kappa shape index (κ2) is 7.98. The summed E-state index contributed by atoms with van der Waals surface area (Å²) < 4.78 is 25.0. The molecule has 0 bridgehead atoms. The van der Waals surface area contributed by atoms with E-state index in [4.69, 9.17) is 0 Å². The lowest BCUT2D eigenvalue weighted by Crippen LogP contribution is -2.24. The Morgan fingerprint density at radius 2 is 2.08 bits per heavy atom. The second-order valence-electron chi connectivity index (χ2n) is 5.68. The molecule has 2 N–H and O–H groups in total. The number of anilines is 1. The first-order valence-corrected chi connectivity index (χ1v) is 11.4. The summed E-state index contributed by atoms with van der Waals surface area (Å²) in [7, 11) is -3.33. The van der Waals surface area contributed by atoms with Gasteiger partial charge in [0.05, 0.1) is 18.4 Å². The standard InChI is InChI=1S/C17H17N3O3S3/c1-26(22,23)20-14-4-2-3-12(7-14)9-18-16(21)8-15-11-25-17(19-15)13-5-6-24-10-13/h2-7,10-11,20H,8-9H2,1H3,(H,18,21). The zero-order valence-electron chi connectivity index (χ0n) is 13.9. The molecule has 1 aromatic carbocycles. The molecule has 0 spiro atoms. The molecule has 0 saturated carbocycles. The molecule has 2 aromatic heterocycles. The van der Waals surface area contributed by atoms with Gasteiger partial charge in [0.15, 0.2) is 0 Å². The molecule has 0 atom stereocenters. The topological polar surface area (TPSA) is 88.2 Å². The molecule has 0 unspecified atom stereocenters. The molecule has 6 nitrogen and oxygen atoms in total. The Morgan fingerprint density at radius 1 is 1.23 bits per heavy atom. The van der Waals surface area contributed by atoms with Crippen molar-refractivity contribution < 1.29 is 13.2 Å². The van der Waals surface area contributed by atoms with Gasteiger partial charge in [-0.05, 0) is 29.1 Å². The smallest absolute Gasteiger partial charge is 0.229 e. The summed E-state index contributed by atoms with van der Waals surface area (Å²) >= 11 is 3.13. The summed E-state index contributed by atoms with van der Waals surface area (Å²) in [6.07, 6.45) is 1.31. The van der Waals surface area contributed by atoms with Crippen LogP contribution < -0.4 is 10.0 Å². The molecule has 26 heavy (non-hydrogen) atoms. The number of nitrogens with one attached hydrogen (secondary N) is 2. The first-order chi connectivity index (χ1) is 12.4. The molecule has 0 aliphatic rings. The zero-order valence-corrected chi connectivity index (χ0v) is 16.4. The minimum absolute atomic E-state index is 0.131. The second-order valence-corrected chi connectivity index (χ2v) is 9.07. The highest BCUT2D eigenvalue weighted by atomic mass is 32.2. The maximum Gasteiger partial charge on any atom is 0.229 e. The van der Waals surface area contributed by atoms with Crippen molar-refractivity contribution in [3.8, 4) is 10.6 Å². The van der Waals surface area contributed by atoms with E-state index < -0.39 is 10.0 Å². The number of benzene rings is 1. The number of aromatic nitrogens is 1. The Bertz CT molecular complexity index is 995. The van der Waals surface area contributed by atoms with Gasteiger partial charge in [-0.25, -0.2) is 13.4 Å². The van der Waals surface area contributed by atoms with Crippen molar-refractivity contribution in [1.82, 2.24) is 10.3 Å². The molecular formula is C17H17N3O3S3. The van der Waals surface area contributed by atoms with Crippen LogP contribution in [-0.4, -0.2) is 25.6 Å². The largest absolute Gasteiger partial charge is 0.352 e. The Kier molecular flexibility index (Phi) is 5.70. The number of carbonyl (C=O) groups excluding carboxylic acids is 1. The normalized spacial score (nSPS) is 11.3. The monoisotopic (exact) mass is 407 g/mol. The molecule has 1 amide bonds. The van der Waals surface area contributed by atoms with Gasteiger partial charge in [-0.2, -0.15) is 11.3 Å². The van der Waals surface area contributed by atoms with E-state index in [-0.39, 0.29) is 12.3 Å². The highest BCUT2D eigenvalue weighted by molar-refractivity contribution is 7.92. The van der Waals surface area contributed by atoms with Crippen molar-refractivity contribution in [1.29, 1.82) is 0 Å². The Balaban J connectivity index is 1.55. The molecule has 0 radical (unpaired) electrons. The van der Waals surface area contributed by atoms with Gasteiger partial charge in [0, 0.05) is 28.6 Å². The molecule has 3 rings (SSSR count). The van der Waals surface area contributed by atoms with Crippen LogP contribution in [0.5, 0.6) is 0 Å². The van der Waals surface area contributed by atoms with Gasteiger partial charge in [-0.15, -0.1) is 11.3 Å². The van der Waals surface area contributed by atoms with Crippen LogP contribution in [0.15, 0.2) is 46.5 Å². The number of sulfonamides is 1. The highest BCUT2D eigenvalue weighted by Crippen LogP contribution is 2.25. The SMILES string of the molecule is CS(=O)(=O)Nc1cccc(CNC(=O)Cc2csc(-c3ccsc3)n2)c1. The van der Waals surface area contributed by atoms with Gasteiger partial charge in [0.1, 0.15) is 5.01 Å². The summed E-state index contributed by atoms with van der Waals surface area (Å²) in [5.74, 6) is -0.131. The van der Waals surface area contributed by atoms with Gasteiger partial charge >= 0.3 is 0 Å². The predicted octanol–water partition coefficient (Wildman–Crippen LogP) is 3.10. The zero-order chi connectivity index (χ0) is 18.6. The summed E-state index contributed by atoms with van der Waals surface area (Å²) in [5.41, 5.74) is 3.09. The van der Waals surface area contributed by atoms with Gasteiger partial charge in [0.25, 0.3) is 0 Å². The summed E-state index contributed by atoms with van der Waals surface area (Å²) in [4.78, 5) is 16.6. The number of nitrogens with zero attached hydrogens (tertiary/aromatic N) is 1. The lowest BCUT2D eigenvalue weighted by Gasteiger charge is -2.08. The summed E-state index contributed by atoms with van der Waals surface area (Å²) in [6, 6.07) is 8.92. The van der Waals surface area contributed by atoms with E-state index in [9.17, 15) is 13.2 Å².